The minimum absolute atomic E-state index is 0.277. The summed E-state index contributed by atoms with van der Waals surface area (Å²) < 4.78 is 108. The Labute approximate surface area is 87.7 Å². The first-order valence-corrected chi connectivity index (χ1v) is 3.73. The van der Waals surface area contributed by atoms with Gasteiger partial charge in [-0.25, -0.2) is 0 Å². The first kappa shape index (κ1) is 15.4. The van der Waals surface area contributed by atoms with Crippen LogP contribution in [-0.4, -0.2) is 23.9 Å². The van der Waals surface area contributed by atoms with Gasteiger partial charge in [-0.05, 0) is 0 Å². The van der Waals surface area contributed by atoms with Crippen molar-refractivity contribution >= 4 is 11.6 Å². The average Bonchev–Trinajstić information content (AvgIpc) is 2.01. The van der Waals surface area contributed by atoms with Crippen LogP contribution in [0, 0.1) is 0 Å². The van der Waals surface area contributed by atoms with Gasteiger partial charge in [-0.1, -0.05) is 11.6 Å². The summed E-state index contributed by atoms with van der Waals surface area (Å²) in [6.45, 7) is 0. The van der Waals surface area contributed by atoms with Crippen molar-refractivity contribution in [1.82, 2.24) is 0 Å². The molecule has 10 heteroatoms. The summed E-state index contributed by atoms with van der Waals surface area (Å²) in [6.07, 6.45) is -7.76. The van der Waals surface area contributed by atoms with Crippen LogP contribution >= 0.6 is 11.6 Å². The van der Waals surface area contributed by atoms with Crippen molar-refractivity contribution in [3.8, 4) is 0 Å². The van der Waals surface area contributed by atoms with Crippen LogP contribution in [0.2, 0.25) is 0 Å². The Morgan fingerprint density at radius 1 is 0.688 bits per heavy atom. The molecule has 0 radical (unpaired) electrons. The lowest BCUT2D eigenvalue weighted by atomic mass is 10.0. The SMILES string of the molecule is FC(F)(F)C(F)(F)C(F)(F)C(F)(F)C=CCl. The van der Waals surface area contributed by atoms with Crippen molar-refractivity contribution in [2.24, 2.45) is 0 Å². The van der Waals surface area contributed by atoms with E-state index in [2.05, 4.69) is 11.6 Å². The van der Waals surface area contributed by atoms with Gasteiger partial charge < -0.3 is 0 Å². The fourth-order valence-electron chi connectivity index (χ4n) is 0.571. The highest BCUT2D eigenvalue weighted by Gasteiger charge is 2.81. The van der Waals surface area contributed by atoms with E-state index in [0.717, 1.165) is 0 Å². The Morgan fingerprint density at radius 3 is 1.31 bits per heavy atom. The van der Waals surface area contributed by atoms with Gasteiger partial charge in [-0.2, -0.15) is 39.5 Å². The molecule has 0 fully saturated rings. The molecule has 0 spiro atoms. The van der Waals surface area contributed by atoms with E-state index in [0.29, 0.717) is 0 Å². The lowest BCUT2D eigenvalue weighted by Crippen LogP contribution is -2.60. The van der Waals surface area contributed by atoms with Gasteiger partial charge in [0.1, 0.15) is 0 Å². The van der Waals surface area contributed by atoms with Crippen molar-refractivity contribution in [2.45, 2.75) is 23.9 Å². The number of hydrogen-bond donors (Lipinski definition) is 0. The molecule has 0 heterocycles. The third-order valence-corrected chi connectivity index (χ3v) is 1.57. The summed E-state index contributed by atoms with van der Waals surface area (Å²) in [6, 6.07) is 0. The van der Waals surface area contributed by atoms with Crippen molar-refractivity contribution in [3.63, 3.8) is 0 Å². The summed E-state index contributed by atoms with van der Waals surface area (Å²) >= 11 is 4.44. The summed E-state index contributed by atoms with van der Waals surface area (Å²) in [5.74, 6) is -19.2. The summed E-state index contributed by atoms with van der Waals surface area (Å²) in [7, 11) is 0. The fourth-order valence-corrected chi connectivity index (χ4v) is 0.729. The Hall–Kier alpha value is -0.600. The molecule has 96 valence electrons. The molecule has 0 aromatic carbocycles. The Balaban J connectivity index is 5.52. The van der Waals surface area contributed by atoms with E-state index in [9.17, 15) is 39.5 Å². The molecule has 0 rings (SSSR count). The maximum absolute atomic E-state index is 12.3. The Bertz CT molecular complexity index is 276. The van der Waals surface area contributed by atoms with Gasteiger partial charge in [0.05, 0.1) is 0 Å². The normalized spacial score (nSPS) is 15.9. The smallest absolute Gasteiger partial charge is 0.195 e. The van der Waals surface area contributed by atoms with Crippen LogP contribution in [0.15, 0.2) is 11.6 Å². The van der Waals surface area contributed by atoms with Crippen LogP contribution in [0.4, 0.5) is 39.5 Å². The highest BCUT2D eigenvalue weighted by Crippen LogP contribution is 2.53. The van der Waals surface area contributed by atoms with Crippen LogP contribution in [0.5, 0.6) is 0 Å². The maximum Gasteiger partial charge on any atom is 0.460 e. The first-order valence-electron chi connectivity index (χ1n) is 3.29. The van der Waals surface area contributed by atoms with Gasteiger partial charge in [-0.15, -0.1) is 0 Å². The summed E-state index contributed by atoms with van der Waals surface area (Å²) in [5, 5.41) is 0. The molecule has 0 aromatic rings. The highest BCUT2D eigenvalue weighted by atomic mass is 35.5. The van der Waals surface area contributed by atoms with Gasteiger partial charge in [-0.3, -0.25) is 0 Å². The second kappa shape index (κ2) is 4.01. The largest absolute Gasteiger partial charge is 0.460 e. The number of hydrogen-bond acceptors (Lipinski definition) is 0. The van der Waals surface area contributed by atoms with Crippen LogP contribution in [0.1, 0.15) is 0 Å². The molecule has 0 aromatic heterocycles. The van der Waals surface area contributed by atoms with E-state index >= 15 is 0 Å². The quantitative estimate of drug-likeness (QED) is 0.680. The van der Waals surface area contributed by atoms with Crippen LogP contribution in [-0.2, 0) is 0 Å². The molecule has 0 saturated heterocycles. The molecular weight excluding hydrogens is 279 g/mol. The Morgan fingerprint density at radius 2 is 1.06 bits per heavy atom. The molecule has 0 bridgehead atoms. The fraction of sp³-hybridized carbons (Fsp3) is 0.667. The van der Waals surface area contributed by atoms with Crippen molar-refractivity contribution in [1.29, 1.82) is 0 Å². The number of alkyl halides is 9. The van der Waals surface area contributed by atoms with E-state index in [1.807, 2.05) is 0 Å². The number of rotatable bonds is 3. The molecule has 0 amide bonds. The van der Waals surface area contributed by atoms with E-state index < -0.39 is 30.0 Å². The topological polar surface area (TPSA) is 0 Å². The molecular formula is C6H2ClF9. The second-order valence-corrected chi connectivity index (χ2v) is 2.81. The zero-order chi connectivity index (χ0) is 13.4. The average molecular weight is 281 g/mol. The van der Waals surface area contributed by atoms with E-state index in [1.54, 1.807) is 0 Å². The standard InChI is InChI=1S/C6H2ClF9/c7-2-1-3(8,9)4(10,11)5(12,13)6(14,15)16/h1-2H. The van der Waals surface area contributed by atoms with E-state index in [4.69, 9.17) is 0 Å². The predicted octanol–water partition coefficient (Wildman–Crippen LogP) is 4.21. The molecule has 0 N–H and O–H groups in total. The lowest BCUT2D eigenvalue weighted by Gasteiger charge is -2.31. The zero-order valence-corrected chi connectivity index (χ0v) is 7.69. The lowest BCUT2D eigenvalue weighted by molar-refractivity contribution is -0.388. The monoisotopic (exact) mass is 280 g/mol. The molecule has 0 saturated carbocycles. The van der Waals surface area contributed by atoms with Gasteiger partial charge in [0.25, 0.3) is 0 Å². The van der Waals surface area contributed by atoms with Crippen LogP contribution in [0.3, 0.4) is 0 Å². The number of allylic oxidation sites excluding steroid dienone is 1. The van der Waals surface area contributed by atoms with Gasteiger partial charge in [0, 0.05) is 11.6 Å². The van der Waals surface area contributed by atoms with Crippen molar-refractivity contribution in [2.75, 3.05) is 0 Å². The van der Waals surface area contributed by atoms with Gasteiger partial charge in [0.2, 0.25) is 0 Å². The van der Waals surface area contributed by atoms with Crippen molar-refractivity contribution in [3.05, 3.63) is 11.6 Å². The van der Waals surface area contributed by atoms with Crippen molar-refractivity contribution < 1.29 is 39.5 Å². The minimum Gasteiger partial charge on any atom is -0.195 e. The van der Waals surface area contributed by atoms with E-state index in [-0.39, 0.29) is 5.54 Å². The first-order chi connectivity index (χ1) is 6.81. The summed E-state index contributed by atoms with van der Waals surface area (Å²) in [5.41, 5.74) is -0.277. The third-order valence-electron chi connectivity index (χ3n) is 1.44. The zero-order valence-electron chi connectivity index (χ0n) is 6.93. The molecule has 0 aliphatic carbocycles. The molecule has 0 aliphatic heterocycles. The molecule has 0 unspecified atom stereocenters. The summed E-state index contributed by atoms with van der Waals surface area (Å²) in [4.78, 5) is 0. The van der Waals surface area contributed by atoms with Gasteiger partial charge >= 0.3 is 23.9 Å². The molecule has 0 aliphatic rings. The molecule has 0 nitrogen and oxygen atoms in total. The third kappa shape index (κ3) is 2.23. The Kier molecular flexibility index (Phi) is 3.86. The number of halogens is 10. The van der Waals surface area contributed by atoms with Gasteiger partial charge in [0.15, 0.2) is 0 Å². The minimum atomic E-state index is -6.88. The van der Waals surface area contributed by atoms with E-state index in [1.165, 1.54) is 0 Å². The predicted molar refractivity (Wildman–Crippen MR) is 35.9 cm³/mol. The second-order valence-electron chi connectivity index (χ2n) is 2.56. The van der Waals surface area contributed by atoms with Crippen LogP contribution < -0.4 is 0 Å². The molecule has 0 atom stereocenters. The maximum atomic E-state index is 12.3. The highest BCUT2D eigenvalue weighted by molar-refractivity contribution is 6.25. The van der Waals surface area contributed by atoms with Crippen LogP contribution in [0.25, 0.3) is 0 Å². The molecule has 16 heavy (non-hydrogen) atoms.